The summed E-state index contributed by atoms with van der Waals surface area (Å²) in [5.41, 5.74) is 0.864. The maximum Gasteiger partial charge on any atom is 0.271 e. The lowest BCUT2D eigenvalue weighted by atomic mass is 10.1. The highest BCUT2D eigenvalue weighted by molar-refractivity contribution is 7.93. The number of rotatable bonds is 4. The van der Waals surface area contributed by atoms with E-state index in [1.807, 2.05) is 0 Å². The number of amides is 1. The first-order valence-electron chi connectivity index (χ1n) is 7.53. The first-order chi connectivity index (χ1) is 11.9. The number of hydrogen-bond acceptors (Lipinski definition) is 5. The molecule has 1 aliphatic heterocycles. The smallest absolute Gasteiger partial charge is 0.271 e. The molecule has 1 heterocycles. The number of nitro groups is 1. The standard InChI is InChI=1S/C16H15N3O5S/c20-16(17-13-5-2-7-15(11-13)19(21)22)12-4-1-6-14(10-12)18-8-3-9-25(18,23)24/h1-2,4-7,10-11H,3,8-9H2,(H,17,20). The SMILES string of the molecule is O=C(Nc1cccc([N+](=O)[O-])c1)c1cccc(N2CCCS2(=O)=O)c1. The van der Waals surface area contributed by atoms with E-state index in [-0.39, 0.29) is 17.0 Å². The van der Waals surface area contributed by atoms with Crippen molar-refractivity contribution in [2.75, 3.05) is 21.9 Å². The van der Waals surface area contributed by atoms with E-state index in [4.69, 9.17) is 0 Å². The quantitative estimate of drug-likeness (QED) is 0.664. The molecule has 1 amide bonds. The number of nitrogens with zero attached hydrogens (tertiary/aromatic N) is 2. The van der Waals surface area contributed by atoms with Gasteiger partial charge in [0.05, 0.1) is 16.4 Å². The Labute approximate surface area is 144 Å². The van der Waals surface area contributed by atoms with Gasteiger partial charge < -0.3 is 5.32 Å². The minimum atomic E-state index is -3.33. The number of non-ortho nitro benzene ring substituents is 1. The fourth-order valence-corrected chi connectivity index (χ4v) is 4.19. The second kappa shape index (κ2) is 6.52. The average Bonchev–Trinajstić information content (AvgIpc) is 2.94. The van der Waals surface area contributed by atoms with Crippen molar-refractivity contribution in [3.8, 4) is 0 Å². The topological polar surface area (TPSA) is 110 Å². The number of nitro benzene ring substituents is 1. The van der Waals surface area contributed by atoms with Gasteiger partial charge in [-0.3, -0.25) is 19.2 Å². The number of carbonyl (C=O) groups is 1. The Morgan fingerprint density at radius 2 is 1.92 bits per heavy atom. The van der Waals surface area contributed by atoms with Gasteiger partial charge in [-0.1, -0.05) is 12.1 Å². The van der Waals surface area contributed by atoms with Gasteiger partial charge in [0.1, 0.15) is 0 Å². The van der Waals surface area contributed by atoms with Gasteiger partial charge in [-0.05, 0) is 30.7 Å². The molecule has 130 valence electrons. The molecule has 3 rings (SSSR count). The van der Waals surface area contributed by atoms with E-state index in [0.29, 0.717) is 24.3 Å². The molecule has 0 saturated carbocycles. The van der Waals surface area contributed by atoms with E-state index in [1.165, 1.54) is 28.6 Å². The van der Waals surface area contributed by atoms with Gasteiger partial charge in [0.15, 0.2) is 0 Å². The lowest BCUT2D eigenvalue weighted by Crippen LogP contribution is -2.25. The summed E-state index contributed by atoms with van der Waals surface area (Å²) in [6.07, 6.45) is 0.548. The van der Waals surface area contributed by atoms with Crippen LogP contribution in [0, 0.1) is 10.1 Å². The third-order valence-corrected chi connectivity index (χ3v) is 5.68. The van der Waals surface area contributed by atoms with Crippen LogP contribution in [0.2, 0.25) is 0 Å². The van der Waals surface area contributed by atoms with Crippen LogP contribution >= 0.6 is 0 Å². The van der Waals surface area contributed by atoms with Crippen molar-refractivity contribution in [1.29, 1.82) is 0 Å². The Morgan fingerprint density at radius 3 is 2.60 bits per heavy atom. The molecule has 0 aromatic heterocycles. The summed E-state index contributed by atoms with van der Waals surface area (Å²) in [4.78, 5) is 22.6. The normalized spacial score (nSPS) is 15.8. The van der Waals surface area contributed by atoms with Crippen LogP contribution in [0.3, 0.4) is 0 Å². The highest BCUT2D eigenvalue weighted by Crippen LogP contribution is 2.25. The maximum atomic E-state index is 12.4. The van der Waals surface area contributed by atoms with Gasteiger partial charge >= 0.3 is 0 Å². The molecule has 9 heteroatoms. The lowest BCUT2D eigenvalue weighted by molar-refractivity contribution is -0.384. The average molecular weight is 361 g/mol. The van der Waals surface area contributed by atoms with E-state index >= 15 is 0 Å². The first kappa shape index (κ1) is 16.9. The van der Waals surface area contributed by atoms with Crippen molar-refractivity contribution < 1.29 is 18.1 Å². The molecule has 1 aliphatic rings. The summed E-state index contributed by atoms with van der Waals surface area (Å²) < 4.78 is 25.3. The molecule has 8 nitrogen and oxygen atoms in total. The molecule has 2 aromatic carbocycles. The number of anilines is 2. The zero-order chi connectivity index (χ0) is 18.0. The third kappa shape index (κ3) is 3.61. The van der Waals surface area contributed by atoms with Gasteiger partial charge in [-0.25, -0.2) is 8.42 Å². The Bertz CT molecular complexity index is 942. The number of carbonyl (C=O) groups excluding carboxylic acids is 1. The second-order valence-electron chi connectivity index (χ2n) is 5.55. The minimum absolute atomic E-state index is 0.0944. The zero-order valence-corrected chi connectivity index (χ0v) is 13.9. The number of sulfonamides is 1. The molecule has 1 saturated heterocycles. The highest BCUT2D eigenvalue weighted by Gasteiger charge is 2.28. The Balaban J connectivity index is 1.82. The lowest BCUT2D eigenvalue weighted by Gasteiger charge is -2.17. The fourth-order valence-electron chi connectivity index (χ4n) is 2.63. The van der Waals surface area contributed by atoms with Crippen molar-refractivity contribution in [2.24, 2.45) is 0 Å². The monoisotopic (exact) mass is 361 g/mol. The van der Waals surface area contributed by atoms with Crippen molar-refractivity contribution in [3.05, 3.63) is 64.2 Å². The number of hydrogen-bond donors (Lipinski definition) is 1. The summed E-state index contributed by atoms with van der Waals surface area (Å²) >= 11 is 0. The minimum Gasteiger partial charge on any atom is -0.322 e. The molecule has 1 fully saturated rings. The van der Waals surface area contributed by atoms with Crippen LogP contribution in [0.4, 0.5) is 17.1 Å². The largest absolute Gasteiger partial charge is 0.322 e. The molecule has 0 radical (unpaired) electrons. The fraction of sp³-hybridized carbons (Fsp3) is 0.188. The third-order valence-electron chi connectivity index (χ3n) is 3.81. The predicted molar refractivity (Wildman–Crippen MR) is 93.2 cm³/mol. The van der Waals surface area contributed by atoms with Crippen molar-refractivity contribution >= 4 is 33.0 Å². The van der Waals surface area contributed by atoms with Gasteiger partial charge in [-0.2, -0.15) is 0 Å². The first-order valence-corrected chi connectivity index (χ1v) is 9.14. The van der Waals surface area contributed by atoms with E-state index in [9.17, 15) is 23.3 Å². The van der Waals surface area contributed by atoms with Crippen LogP contribution in [-0.2, 0) is 10.0 Å². The number of benzene rings is 2. The van der Waals surface area contributed by atoms with Crippen LogP contribution in [0.25, 0.3) is 0 Å². The molecular weight excluding hydrogens is 346 g/mol. The maximum absolute atomic E-state index is 12.4. The Hall–Kier alpha value is -2.94. The van der Waals surface area contributed by atoms with Crippen molar-refractivity contribution in [2.45, 2.75) is 6.42 Å². The molecule has 0 aliphatic carbocycles. The summed E-state index contributed by atoms with van der Waals surface area (Å²) in [5.74, 6) is -0.379. The summed E-state index contributed by atoms with van der Waals surface area (Å²) in [6, 6.07) is 11.9. The molecule has 1 N–H and O–H groups in total. The Kier molecular flexibility index (Phi) is 4.41. The molecule has 2 aromatic rings. The van der Waals surface area contributed by atoms with Crippen molar-refractivity contribution in [3.63, 3.8) is 0 Å². The summed E-state index contributed by atoms with van der Waals surface area (Å²) in [6.45, 7) is 0.387. The Morgan fingerprint density at radius 1 is 1.16 bits per heavy atom. The molecule has 0 atom stereocenters. The molecule has 0 unspecified atom stereocenters. The van der Waals surface area contributed by atoms with E-state index < -0.39 is 20.9 Å². The summed E-state index contributed by atoms with van der Waals surface area (Å²) in [7, 11) is -3.33. The second-order valence-corrected chi connectivity index (χ2v) is 7.57. The van der Waals surface area contributed by atoms with Crippen LogP contribution < -0.4 is 9.62 Å². The summed E-state index contributed by atoms with van der Waals surface area (Å²) in [5, 5.41) is 13.4. The predicted octanol–water partition coefficient (Wildman–Crippen LogP) is 2.39. The van der Waals surface area contributed by atoms with E-state index in [2.05, 4.69) is 5.32 Å². The van der Waals surface area contributed by atoms with Crippen LogP contribution in [-0.4, -0.2) is 31.5 Å². The van der Waals surface area contributed by atoms with Gasteiger partial charge in [0.2, 0.25) is 10.0 Å². The molecule has 25 heavy (non-hydrogen) atoms. The highest BCUT2D eigenvalue weighted by atomic mass is 32.2. The van der Waals surface area contributed by atoms with Crippen LogP contribution in [0.15, 0.2) is 48.5 Å². The molecular formula is C16H15N3O5S. The van der Waals surface area contributed by atoms with Crippen LogP contribution in [0.5, 0.6) is 0 Å². The van der Waals surface area contributed by atoms with Gasteiger partial charge in [0, 0.05) is 29.9 Å². The van der Waals surface area contributed by atoms with Gasteiger partial charge in [0.25, 0.3) is 11.6 Å². The van der Waals surface area contributed by atoms with Crippen molar-refractivity contribution in [1.82, 2.24) is 0 Å². The van der Waals surface area contributed by atoms with E-state index in [1.54, 1.807) is 24.3 Å². The number of nitrogens with one attached hydrogen (secondary N) is 1. The van der Waals surface area contributed by atoms with E-state index in [0.717, 1.165) is 0 Å². The molecule has 0 bridgehead atoms. The zero-order valence-electron chi connectivity index (χ0n) is 13.1. The molecule has 0 spiro atoms. The van der Waals surface area contributed by atoms with Crippen LogP contribution in [0.1, 0.15) is 16.8 Å². The van der Waals surface area contributed by atoms with Gasteiger partial charge in [-0.15, -0.1) is 0 Å².